The maximum atomic E-state index is 11.0. The third-order valence-electron chi connectivity index (χ3n) is 1.25. The summed E-state index contributed by atoms with van der Waals surface area (Å²) in [6, 6.07) is 0. The molecule has 13 heavy (non-hydrogen) atoms. The molecule has 0 fully saturated rings. The number of nitrogens with zero attached hydrogens (tertiary/aromatic N) is 3. The second kappa shape index (κ2) is 3.57. The number of rotatable bonds is 2. The molecular formula is C6H6N4O3. The summed E-state index contributed by atoms with van der Waals surface area (Å²) in [5.41, 5.74) is -0.275. The normalized spacial score (nSPS) is 10.5. The van der Waals surface area contributed by atoms with E-state index in [2.05, 4.69) is 15.0 Å². The van der Waals surface area contributed by atoms with Crippen LogP contribution in [0.3, 0.4) is 0 Å². The molecular weight excluding hydrogens is 176 g/mol. The lowest BCUT2D eigenvalue weighted by molar-refractivity contribution is -0.389. The van der Waals surface area contributed by atoms with E-state index in [0.717, 1.165) is 6.33 Å². The minimum absolute atomic E-state index is 0.275. The van der Waals surface area contributed by atoms with E-state index in [-0.39, 0.29) is 5.69 Å². The zero-order chi connectivity index (χ0) is 9.84. The van der Waals surface area contributed by atoms with Crippen molar-refractivity contribution in [1.29, 1.82) is 0 Å². The average Bonchev–Trinajstić information content (AvgIpc) is 2.52. The zero-order valence-corrected chi connectivity index (χ0v) is 6.72. The fourth-order valence-corrected chi connectivity index (χ4v) is 0.762. The van der Waals surface area contributed by atoms with Crippen LogP contribution in [0.1, 0.15) is 17.4 Å². The summed E-state index contributed by atoms with van der Waals surface area (Å²) in [7, 11) is 0. The third-order valence-corrected chi connectivity index (χ3v) is 1.25. The second-order valence-electron chi connectivity index (χ2n) is 2.05. The van der Waals surface area contributed by atoms with Gasteiger partial charge in [0.2, 0.25) is 5.69 Å². The molecule has 0 aliphatic heterocycles. The van der Waals surface area contributed by atoms with Gasteiger partial charge >= 0.3 is 11.7 Å². The Bertz CT molecular complexity index is 368. The fourth-order valence-electron chi connectivity index (χ4n) is 0.762. The first-order valence-corrected chi connectivity index (χ1v) is 3.37. The molecule has 7 heteroatoms. The molecule has 68 valence electrons. The Morgan fingerprint density at radius 1 is 1.85 bits per heavy atom. The van der Waals surface area contributed by atoms with Gasteiger partial charge in [0.05, 0.1) is 0 Å². The molecule has 0 spiro atoms. The summed E-state index contributed by atoms with van der Waals surface area (Å²) in [6.07, 6.45) is 2.33. The highest BCUT2D eigenvalue weighted by atomic mass is 16.6. The van der Waals surface area contributed by atoms with Crippen LogP contribution in [0.15, 0.2) is 11.3 Å². The molecule has 0 aliphatic rings. The SMILES string of the molecule is CC=NC(=O)c1nc[nH]c1[N+](=O)[O-]. The monoisotopic (exact) mass is 182 g/mol. The molecule has 1 rings (SSSR count). The number of nitrogens with one attached hydrogen (secondary N) is 1. The molecule has 0 saturated heterocycles. The molecule has 1 aromatic rings. The number of imidazole rings is 1. The molecule has 0 aliphatic carbocycles. The number of carbonyl (C=O) groups is 1. The number of hydrogen-bond acceptors (Lipinski definition) is 4. The first kappa shape index (κ1) is 9.04. The van der Waals surface area contributed by atoms with Crippen LogP contribution in [-0.4, -0.2) is 27.0 Å². The molecule has 0 bridgehead atoms. The predicted molar refractivity (Wildman–Crippen MR) is 43.7 cm³/mol. The van der Waals surface area contributed by atoms with Gasteiger partial charge in [-0.3, -0.25) is 4.79 Å². The number of H-pyrrole nitrogens is 1. The van der Waals surface area contributed by atoms with Crippen LogP contribution >= 0.6 is 0 Å². The fraction of sp³-hybridized carbons (Fsp3) is 0.167. The van der Waals surface area contributed by atoms with E-state index in [1.54, 1.807) is 0 Å². The summed E-state index contributed by atoms with van der Waals surface area (Å²) in [4.78, 5) is 29.7. The van der Waals surface area contributed by atoms with E-state index in [1.165, 1.54) is 13.1 Å². The number of amides is 1. The van der Waals surface area contributed by atoms with E-state index in [4.69, 9.17) is 0 Å². The largest absolute Gasteiger partial charge is 0.358 e. The van der Waals surface area contributed by atoms with Crippen molar-refractivity contribution < 1.29 is 9.72 Å². The van der Waals surface area contributed by atoms with Gasteiger partial charge in [-0.1, -0.05) is 0 Å². The van der Waals surface area contributed by atoms with Crippen LogP contribution < -0.4 is 0 Å². The van der Waals surface area contributed by atoms with Gasteiger partial charge in [0.25, 0.3) is 0 Å². The van der Waals surface area contributed by atoms with E-state index in [9.17, 15) is 14.9 Å². The van der Waals surface area contributed by atoms with Gasteiger partial charge in [0.1, 0.15) is 0 Å². The van der Waals surface area contributed by atoms with Crippen molar-refractivity contribution in [2.75, 3.05) is 0 Å². The topological polar surface area (TPSA) is 101 Å². The van der Waals surface area contributed by atoms with Crippen molar-refractivity contribution in [2.24, 2.45) is 4.99 Å². The summed E-state index contributed by atoms with van der Waals surface area (Å²) >= 11 is 0. The van der Waals surface area contributed by atoms with Gasteiger partial charge in [-0.15, -0.1) is 0 Å². The number of aromatic amines is 1. The van der Waals surface area contributed by atoms with Crippen LogP contribution in [0.5, 0.6) is 0 Å². The molecule has 0 aromatic carbocycles. The Balaban J connectivity index is 3.07. The maximum absolute atomic E-state index is 11.0. The Labute approximate surface area is 72.7 Å². The Morgan fingerprint density at radius 2 is 2.54 bits per heavy atom. The van der Waals surface area contributed by atoms with Gasteiger partial charge < -0.3 is 10.1 Å². The lowest BCUT2D eigenvalue weighted by atomic mass is 10.4. The summed E-state index contributed by atoms with van der Waals surface area (Å²) in [5.74, 6) is -1.16. The van der Waals surface area contributed by atoms with E-state index in [0.29, 0.717) is 0 Å². The smallest absolute Gasteiger partial charge is 0.353 e. The van der Waals surface area contributed by atoms with Gasteiger partial charge in [0, 0.05) is 6.21 Å². The number of aliphatic imine (C=N–C) groups is 1. The molecule has 1 heterocycles. The van der Waals surface area contributed by atoms with Crippen molar-refractivity contribution in [1.82, 2.24) is 9.97 Å². The lowest BCUT2D eigenvalue weighted by Gasteiger charge is -1.90. The molecule has 1 amide bonds. The molecule has 0 saturated carbocycles. The number of nitro groups is 1. The Hall–Kier alpha value is -2.05. The van der Waals surface area contributed by atoms with Crippen LogP contribution in [0.25, 0.3) is 0 Å². The molecule has 1 N–H and O–H groups in total. The molecule has 1 aromatic heterocycles. The molecule has 7 nitrogen and oxygen atoms in total. The third kappa shape index (κ3) is 1.75. The lowest BCUT2D eigenvalue weighted by Crippen LogP contribution is -2.00. The average molecular weight is 182 g/mol. The van der Waals surface area contributed by atoms with Crippen molar-refractivity contribution in [3.63, 3.8) is 0 Å². The van der Waals surface area contributed by atoms with Crippen LogP contribution in [-0.2, 0) is 0 Å². The first-order chi connectivity index (χ1) is 6.16. The van der Waals surface area contributed by atoms with Crippen LogP contribution in [0.2, 0.25) is 0 Å². The summed E-state index contributed by atoms with van der Waals surface area (Å²) in [5, 5.41) is 10.3. The number of aromatic nitrogens is 2. The highest BCUT2D eigenvalue weighted by molar-refractivity contribution is 5.99. The Morgan fingerprint density at radius 3 is 3.08 bits per heavy atom. The zero-order valence-electron chi connectivity index (χ0n) is 6.72. The quantitative estimate of drug-likeness (QED) is 0.409. The van der Waals surface area contributed by atoms with Crippen LogP contribution in [0, 0.1) is 10.1 Å². The molecule has 0 unspecified atom stereocenters. The molecule has 0 radical (unpaired) electrons. The van der Waals surface area contributed by atoms with Crippen molar-refractivity contribution in [3.05, 3.63) is 22.1 Å². The van der Waals surface area contributed by atoms with Crippen LogP contribution in [0.4, 0.5) is 5.82 Å². The van der Waals surface area contributed by atoms with Crippen molar-refractivity contribution >= 4 is 17.9 Å². The predicted octanol–water partition coefficient (Wildman–Crippen LogP) is 0.549. The van der Waals surface area contributed by atoms with Gasteiger partial charge in [0.15, 0.2) is 6.33 Å². The highest BCUT2D eigenvalue weighted by Crippen LogP contribution is 2.12. The van der Waals surface area contributed by atoms with E-state index < -0.39 is 16.6 Å². The molecule has 0 atom stereocenters. The minimum atomic E-state index is -0.726. The van der Waals surface area contributed by atoms with E-state index >= 15 is 0 Å². The minimum Gasteiger partial charge on any atom is -0.358 e. The Kier molecular flexibility index (Phi) is 2.48. The highest BCUT2D eigenvalue weighted by Gasteiger charge is 2.21. The maximum Gasteiger partial charge on any atom is 0.353 e. The van der Waals surface area contributed by atoms with E-state index in [1.807, 2.05) is 0 Å². The number of hydrogen-bond donors (Lipinski definition) is 1. The van der Waals surface area contributed by atoms with Crippen molar-refractivity contribution in [2.45, 2.75) is 6.92 Å². The van der Waals surface area contributed by atoms with Gasteiger partial charge in [-0.2, -0.15) is 0 Å². The van der Waals surface area contributed by atoms with Gasteiger partial charge in [-0.05, 0) is 11.8 Å². The standard InChI is InChI=1S/C6H6N4O3/c1-2-7-6(11)4-5(10(12)13)9-3-8-4/h2-3H,1H3,(H,8,9). The second-order valence-corrected chi connectivity index (χ2v) is 2.05. The van der Waals surface area contributed by atoms with Gasteiger partial charge in [-0.25, -0.2) is 15.0 Å². The van der Waals surface area contributed by atoms with Crippen molar-refractivity contribution in [3.8, 4) is 0 Å². The summed E-state index contributed by atoms with van der Waals surface area (Å²) < 4.78 is 0. The summed E-state index contributed by atoms with van der Waals surface area (Å²) in [6.45, 7) is 1.54. The first-order valence-electron chi connectivity index (χ1n) is 3.37. The number of carbonyl (C=O) groups excluding carboxylic acids is 1.